The molecule has 0 bridgehead atoms. The van der Waals surface area contributed by atoms with Crippen LogP contribution in [0.15, 0.2) is 42.5 Å². The van der Waals surface area contributed by atoms with Crippen LogP contribution in [0.2, 0.25) is 0 Å². The van der Waals surface area contributed by atoms with Crippen LogP contribution in [0.25, 0.3) is 0 Å². The molecule has 0 saturated heterocycles. The van der Waals surface area contributed by atoms with Gasteiger partial charge in [0.15, 0.2) is 0 Å². The molecule has 1 aliphatic heterocycles. The van der Waals surface area contributed by atoms with Crippen molar-refractivity contribution in [1.29, 1.82) is 0 Å². The number of hydrogen-bond acceptors (Lipinski definition) is 7. The van der Waals surface area contributed by atoms with E-state index in [1.807, 2.05) is 32.0 Å². The van der Waals surface area contributed by atoms with Crippen molar-refractivity contribution in [3.8, 4) is 0 Å². The molecule has 0 aromatic heterocycles. The summed E-state index contributed by atoms with van der Waals surface area (Å²) in [7, 11) is -6.43. The minimum Gasteiger partial charge on any atom is -0.462 e. The van der Waals surface area contributed by atoms with Gasteiger partial charge in [-0.2, -0.15) is 26.3 Å². The first-order valence-corrected chi connectivity index (χ1v) is 13.6. The van der Waals surface area contributed by atoms with E-state index in [1.54, 1.807) is 25.1 Å². The van der Waals surface area contributed by atoms with Crippen LogP contribution < -0.4 is 18.5 Å². The van der Waals surface area contributed by atoms with E-state index in [1.165, 1.54) is 6.07 Å². The molecule has 0 fully saturated rings. The first-order chi connectivity index (χ1) is 15.9. The van der Waals surface area contributed by atoms with Crippen LogP contribution in [-0.4, -0.2) is 43.5 Å². The molecule has 34 heavy (non-hydrogen) atoms. The van der Waals surface area contributed by atoms with E-state index >= 15 is 0 Å². The molecule has 0 amide bonds. The quantitative estimate of drug-likeness (QED) is 0.464. The van der Waals surface area contributed by atoms with E-state index in [4.69, 9.17) is 4.74 Å². The molecule has 2 aromatic rings. The van der Waals surface area contributed by atoms with Gasteiger partial charge in [-0.25, -0.2) is 4.79 Å². The van der Waals surface area contributed by atoms with Crippen molar-refractivity contribution in [3.63, 3.8) is 0 Å². The zero-order valence-corrected chi connectivity index (χ0v) is 21.4. The molecule has 186 valence electrons. The summed E-state index contributed by atoms with van der Waals surface area (Å²) in [5.41, 5.74) is 2.61. The maximum Gasteiger partial charge on any atom is 0.338 e. The van der Waals surface area contributed by atoms with E-state index in [2.05, 4.69) is 14.8 Å². The number of benzene rings is 2. The predicted molar refractivity (Wildman–Crippen MR) is 131 cm³/mol. The lowest BCUT2D eigenvalue weighted by Crippen LogP contribution is -2.47. The lowest BCUT2D eigenvalue weighted by atomic mass is 9.72. The average molecular weight is 511 g/mol. The molecule has 1 heterocycles. The molecular formula is C22H30N4O6S2. The van der Waals surface area contributed by atoms with Gasteiger partial charge in [0, 0.05) is 19.8 Å². The van der Waals surface area contributed by atoms with Gasteiger partial charge in [-0.15, -0.1) is 3.71 Å². The Hall–Kier alpha value is -2.67. The summed E-state index contributed by atoms with van der Waals surface area (Å²) in [6.45, 7) is 6.14. The molecule has 12 heteroatoms. The Morgan fingerprint density at radius 2 is 1.74 bits per heavy atom. The summed E-state index contributed by atoms with van der Waals surface area (Å²) in [5.74, 6) is -0.380. The van der Waals surface area contributed by atoms with Crippen molar-refractivity contribution in [2.45, 2.75) is 33.2 Å². The summed E-state index contributed by atoms with van der Waals surface area (Å²) < 4.78 is 59.8. The molecule has 10 nitrogen and oxygen atoms in total. The number of rotatable bonds is 8. The summed E-state index contributed by atoms with van der Waals surface area (Å²) in [4.78, 5) is 12.1. The Labute approximate surface area is 201 Å². The number of nitrogens with zero attached hydrogens (tertiary/aromatic N) is 1. The predicted octanol–water partition coefficient (Wildman–Crippen LogP) is 2.33. The van der Waals surface area contributed by atoms with Crippen LogP contribution in [0.4, 0.5) is 11.4 Å². The van der Waals surface area contributed by atoms with Crippen molar-refractivity contribution in [1.82, 2.24) is 9.44 Å². The summed E-state index contributed by atoms with van der Waals surface area (Å²) in [6.07, 6.45) is 0.630. The Bertz CT molecular complexity index is 1260. The van der Waals surface area contributed by atoms with Gasteiger partial charge in [0.25, 0.3) is 0 Å². The van der Waals surface area contributed by atoms with E-state index in [0.29, 0.717) is 27.9 Å². The fourth-order valence-corrected chi connectivity index (χ4v) is 6.69. The topological polar surface area (TPSA) is 134 Å². The van der Waals surface area contributed by atoms with Gasteiger partial charge in [0.05, 0.1) is 23.9 Å². The maximum atomic E-state index is 12.6. The fraction of sp³-hybridized carbons (Fsp3) is 0.409. The van der Waals surface area contributed by atoms with Crippen LogP contribution in [0.5, 0.6) is 0 Å². The summed E-state index contributed by atoms with van der Waals surface area (Å²) >= 11 is 0. The number of hydrogen-bond donors (Lipinski definition) is 3. The first kappa shape index (κ1) is 25.9. The highest BCUT2D eigenvalue weighted by atomic mass is 32.3. The highest BCUT2D eigenvalue weighted by Crippen LogP contribution is 2.45. The normalized spacial score (nSPS) is 17.4. The van der Waals surface area contributed by atoms with Crippen LogP contribution in [0.1, 0.15) is 48.3 Å². The van der Waals surface area contributed by atoms with Crippen molar-refractivity contribution < 1.29 is 26.4 Å². The number of esters is 1. The fourth-order valence-electron chi connectivity index (χ4n) is 4.09. The Balaban J connectivity index is 2.03. The first-order valence-electron chi connectivity index (χ1n) is 10.7. The lowest BCUT2D eigenvalue weighted by molar-refractivity contribution is 0.0526. The van der Waals surface area contributed by atoms with E-state index < -0.39 is 20.4 Å². The maximum absolute atomic E-state index is 12.6. The number of nitrogens with one attached hydrogen (secondary N) is 3. The standard InChI is InChI=1S/C22H30N4O6S2/c1-6-32-21(27)16-10-11-19-17(12-16)14-22(2,3)20(25-19)15-8-7-9-18(13-15)26(33(28,29)23-4)34(30,31)24-5/h7-13,20,23-25H,6,14H2,1-5H3. The minimum absolute atomic E-state index is 0.0257. The Kier molecular flexibility index (Phi) is 7.27. The zero-order valence-electron chi connectivity index (χ0n) is 19.7. The SMILES string of the molecule is CCOC(=O)c1ccc2c(c1)CC(C)(C)C(c1cccc(N(S(=O)(=O)NC)S(=O)(=O)NC)c1)N2. The Morgan fingerprint density at radius 1 is 1.09 bits per heavy atom. The highest BCUT2D eigenvalue weighted by molar-refractivity contribution is 8.08. The Morgan fingerprint density at radius 3 is 2.32 bits per heavy atom. The molecule has 1 atom stereocenters. The third-order valence-corrected chi connectivity index (χ3v) is 9.21. The molecule has 0 saturated carbocycles. The second-order valence-electron chi connectivity index (χ2n) is 8.55. The molecule has 0 radical (unpaired) electrons. The van der Waals surface area contributed by atoms with Crippen LogP contribution in [-0.2, 0) is 31.6 Å². The molecule has 3 N–H and O–H groups in total. The average Bonchev–Trinajstić information content (AvgIpc) is 2.77. The van der Waals surface area contributed by atoms with Gasteiger partial charge < -0.3 is 10.1 Å². The summed E-state index contributed by atoms with van der Waals surface area (Å²) in [5, 5.41) is 3.47. The molecule has 0 aliphatic carbocycles. The van der Waals surface area contributed by atoms with Crippen molar-refractivity contribution in [3.05, 3.63) is 59.2 Å². The van der Waals surface area contributed by atoms with Crippen molar-refractivity contribution in [2.75, 3.05) is 29.7 Å². The van der Waals surface area contributed by atoms with Gasteiger partial charge in [-0.05, 0) is 60.2 Å². The smallest absolute Gasteiger partial charge is 0.338 e. The second kappa shape index (κ2) is 9.53. The zero-order chi connectivity index (χ0) is 25.3. The molecule has 1 unspecified atom stereocenters. The third-order valence-electron chi connectivity index (χ3n) is 5.71. The monoisotopic (exact) mass is 510 g/mol. The van der Waals surface area contributed by atoms with Crippen molar-refractivity contribution >= 4 is 37.8 Å². The van der Waals surface area contributed by atoms with Crippen LogP contribution in [0.3, 0.4) is 0 Å². The molecule has 1 aliphatic rings. The number of anilines is 2. The number of carbonyl (C=O) groups excluding carboxylic acids is 1. The van der Waals surface area contributed by atoms with Gasteiger partial charge in [0.2, 0.25) is 0 Å². The largest absolute Gasteiger partial charge is 0.462 e. The van der Waals surface area contributed by atoms with Gasteiger partial charge >= 0.3 is 26.4 Å². The van der Waals surface area contributed by atoms with E-state index in [-0.39, 0.29) is 23.1 Å². The molecule has 3 rings (SSSR count). The van der Waals surface area contributed by atoms with E-state index in [9.17, 15) is 21.6 Å². The molecular weight excluding hydrogens is 480 g/mol. The van der Waals surface area contributed by atoms with Gasteiger partial charge in [-0.3, -0.25) is 0 Å². The third kappa shape index (κ3) is 5.04. The minimum atomic E-state index is -4.36. The van der Waals surface area contributed by atoms with Crippen molar-refractivity contribution in [2.24, 2.45) is 5.41 Å². The summed E-state index contributed by atoms with van der Waals surface area (Å²) in [6, 6.07) is 11.5. The lowest BCUT2D eigenvalue weighted by Gasteiger charge is -2.41. The molecule has 2 aromatic carbocycles. The van der Waals surface area contributed by atoms with Crippen LogP contribution in [0, 0.1) is 5.41 Å². The number of carbonyl (C=O) groups is 1. The van der Waals surface area contributed by atoms with Gasteiger partial charge in [0.1, 0.15) is 0 Å². The second-order valence-corrected chi connectivity index (χ2v) is 12.2. The van der Waals surface area contributed by atoms with Crippen LogP contribution >= 0.6 is 0 Å². The molecule has 0 spiro atoms. The highest BCUT2D eigenvalue weighted by Gasteiger charge is 2.38. The number of fused-ring (bicyclic) bond motifs is 1. The number of ether oxygens (including phenoxy) is 1. The van der Waals surface area contributed by atoms with Gasteiger partial charge in [-0.1, -0.05) is 26.0 Å². The van der Waals surface area contributed by atoms with E-state index in [0.717, 1.165) is 25.3 Å².